The van der Waals surface area contributed by atoms with Gasteiger partial charge in [-0.1, -0.05) is 43.5 Å². The summed E-state index contributed by atoms with van der Waals surface area (Å²) < 4.78 is 0. The van der Waals surface area contributed by atoms with E-state index in [1.165, 1.54) is 48.2 Å². The Bertz CT molecular complexity index is 526. The first kappa shape index (κ1) is 13.7. The first-order chi connectivity index (χ1) is 9.84. The van der Waals surface area contributed by atoms with Crippen molar-refractivity contribution in [3.8, 4) is 10.4 Å². The molecule has 1 saturated carbocycles. The molecule has 1 fully saturated rings. The Labute approximate surface area is 126 Å². The van der Waals surface area contributed by atoms with E-state index in [4.69, 9.17) is 0 Å². The molecule has 0 amide bonds. The summed E-state index contributed by atoms with van der Waals surface area (Å²) in [7, 11) is 0. The molecule has 1 nitrogen and oxygen atoms in total. The van der Waals surface area contributed by atoms with Crippen LogP contribution in [-0.2, 0) is 0 Å². The Morgan fingerprint density at radius 3 is 2.60 bits per heavy atom. The van der Waals surface area contributed by atoms with Gasteiger partial charge in [-0.3, -0.25) is 0 Å². The maximum Gasteiger partial charge on any atom is 0.0430 e. The minimum atomic E-state index is 0.566. The summed E-state index contributed by atoms with van der Waals surface area (Å²) in [4.78, 5) is 1.35. The van der Waals surface area contributed by atoms with Gasteiger partial charge in [0.25, 0.3) is 0 Å². The molecule has 1 unspecified atom stereocenters. The van der Waals surface area contributed by atoms with Crippen molar-refractivity contribution in [3.63, 3.8) is 0 Å². The molecule has 1 N–H and O–H groups in total. The quantitative estimate of drug-likeness (QED) is 0.749. The summed E-state index contributed by atoms with van der Waals surface area (Å²) in [6.07, 6.45) is 7.01. The van der Waals surface area contributed by atoms with Gasteiger partial charge in [-0.2, -0.15) is 0 Å². The van der Waals surface area contributed by atoms with Crippen LogP contribution in [0.2, 0.25) is 0 Å². The van der Waals surface area contributed by atoms with Crippen LogP contribution in [0.5, 0.6) is 0 Å². The lowest BCUT2D eigenvalue weighted by atomic mass is 9.84. The van der Waals surface area contributed by atoms with Crippen molar-refractivity contribution in [2.45, 2.75) is 45.1 Å². The summed E-state index contributed by atoms with van der Waals surface area (Å²) in [6, 6.07) is 13.6. The second kappa shape index (κ2) is 6.45. The first-order valence-electron chi connectivity index (χ1n) is 7.74. The van der Waals surface area contributed by atoms with Gasteiger partial charge < -0.3 is 5.32 Å². The molecular weight excluding hydrogens is 262 g/mol. The summed E-state index contributed by atoms with van der Waals surface area (Å²) in [5.41, 5.74) is 2.62. The average Bonchev–Trinajstić information content (AvgIpc) is 3.03. The van der Waals surface area contributed by atoms with E-state index in [9.17, 15) is 0 Å². The highest BCUT2D eigenvalue weighted by atomic mass is 32.1. The van der Waals surface area contributed by atoms with Gasteiger partial charge >= 0.3 is 0 Å². The van der Waals surface area contributed by atoms with E-state index in [0.29, 0.717) is 6.04 Å². The van der Waals surface area contributed by atoms with Crippen molar-refractivity contribution in [3.05, 3.63) is 41.8 Å². The lowest BCUT2D eigenvalue weighted by Crippen LogP contribution is -2.27. The number of hydrogen-bond acceptors (Lipinski definition) is 2. The Morgan fingerprint density at radius 2 is 1.85 bits per heavy atom. The smallest absolute Gasteiger partial charge is 0.0430 e. The van der Waals surface area contributed by atoms with Crippen molar-refractivity contribution < 1.29 is 0 Å². The number of rotatable bonds is 4. The fraction of sp³-hybridized carbons (Fsp3) is 0.444. The van der Waals surface area contributed by atoms with E-state index in [2.05, 4.69) is 54.0 Å². The highest BCUT2D eigenvalue weighted by Crippen LogP contribution is 2.34. The maximum atomic E-state index is 3.78. The largest absolute Gasteiger partial charge is 0.382 e. The molecule has 1 aromatic heterocycles. The lowest BCUT2D eigenvalue weighted by Gasteiger charge is -2.29. The zero-order valence-corrected chi connectivity index (χ0v) is 13.0. The second-order valence-electron chi connectivity index (χ2n) is 5.85. The van der Waals surface area contributed by atoms with Crippen molar-refractivity contribution in [2.75, 3.05) is 5.32 Å². The molecule has 20 heavy (non-hydrogen) atoms. The summed E-state index contributed by atoms with van der Waals surface area (Å²) >= 11 is 1.81. The maximum absolute atomic E-state index is 3.78. The molecule has 1 atom stereocenters. The highest BCUT2D eigenvalue weighted by Gasteiger charge is 2.20. The van der Waals surface area contributed by atoms with Crippen molar-refractivity contribution in [1.29, 1.82) is 0 Å². The van der Waals surface area contributed by atoms with E-state index >= 15 is 0 Å². The van der Waals surface area contributed by atoms with E-state index in [1.807, 2.05) is 11.3 Å². The van der Waals surface area contributed by atoms with Gasteiger partial charge in [0, 0.05) is 22.2 Å². The lowest BCUT2D eigenvalue weighted by molar-refractivity contribution is 0.328. The van der Waals surface area contributed by atoms with E-state index < -0.39 is 0 Å². The molecule has 0 spiro atoms. The monoisotopic (exact) mass is 285 g/mol. The molecule has 0 bridgehead atoms. The van der Waals surface area contributed by atoms with Crippen LogP contribution in [0.3, 0.4) is 0 Å². The third kappa shape index (κ3) is 3.06. The Hall–Kier alpha value is -1.28. The molecule has 1 aliphatic rings. The molecule has 0 radical (unpaired) electrons. The van der Waals surface area contributed by atoms with Crippen LogP contribution in [0, 0.1) is 5.92 Å². The first-order valence-corrected chi connectivity index (χ1v) is 8.62. The number of hydrogen-bond donors (Lipinski definition) is 1. The van der Waals surface area contributed by atoms with Crippen molar-refractivity contribution >= 4 is 17.0 Å². The van der Waals surface area contributed by atoms with Crippen LogP contribution in [0.25, 0.3) is 10.4 Å². The Kier molecular flexibility index (Phi) is 4.41. The van der Waals surface area contributed by atoms with Gasteiger partial charge in [-0.05, 0) is 43.2 Å². The standard InChI is InChI=1S/C18H23NS/c1-14(15-8-3-2-4-9-15)19-17-11-6-5-10-16(17)18-12-7-13-20-18/h5-7,10-15,19H,2-4,8-9H2,1H3. The minimum Gasteiger partial charge on any atom is -0.382 e. The fourth-order valence-electron chi connectivity index (χ4n) is 3.25. The molecule has 106 valence electrons. The molecule has 1 aromatic carbocycles. The average molecular weight is 285 g/mol. The number of para-hydroxylation sites is 1. The van der Waals surface area contributed by atoms with Gasteiger partial charge in [0.1, 0.15) is 0 Å². The van der Waals surface area contributed by atoms with Crippen molar-refractivity contribution in [2.24, 2.45) is 5.92 Å². The molecular formula is C18H23NS. The van der Waals surface area contributed by atoms with Crippen LogP contribution in [0.15, 0.2) is 41.8 Å². The summed E-state index contributed by atoms with van der Waals surface area (Å²) in [6.45, 7) is 2.35. The summed E-state index contributed by atoms with van der Waals surface area (Å²) in [5.74, 6) is 0.833. The van der Waals surface area contributed by atoms with Crippen molar-refractivity contribution in [1.82, 2.24) is 0 Å². The molecule has 1 aliphatic carbocycles. The number of thiophene rings is 1. The molecule has 2 aromatic rings. The van der Waals surface area contributed by atoms with E-state index in [-0.39, 0.29) is 0 Å². The Balaban J connectivity index is 1.77. The second-order valence-corrected chi connectivity index (χ2v) is 6.80. The molecule has 1 heterocycles. The Morgan fingerprint density at radius 1 is 1.05 bits per heavy atom. The zero-order chi connectivity index (χ0) is 13.8. The molecule has 3 rings (SSSR count). The fourth-order valence-corrected chi connectivity index (χ4v) is 4.02. The van der Waals surface area contributed by atoms with E-state index in [0.717, 1.165) is 5.92 Å². The normalized spacial score (nSPS) is 17.9. The number of nitrogens with one attached hydrogen (secondary N) is 1. The highest BCUT2D eigenvalue weighted by molar-refractivity contribution is 7.13. The van der Waals surface area contributed by atoms with Gasteiger partial charge in [0.05, 0.1) is 0 Å². The predicted octanol–water partition coefficient (Wildman–Crippen LogP) is 5.80. The number of anilines is 1. The van der Waals surface area contributed by atoms with Gasteiger partial charge in [-0.15, -0.1) is 11.3 Å². The number of benzene rings is 1. The van der Waals surface area contributed by atoms with Crippen LogP contribution in [0.4, 0.5) is 5.69 Å². The third-order valence-electron chi connectivity index (χ3n) is 4.45. The van der Waals surface area contributed by atoms with Gasteiger partial charge in [0.15, 0.2) is 0 Å². The van der Waals surface area contributed by atoms with Gasteiger partial charge in [-0.25, -0.2) is 0 Å². The third-order valence-corrected chi connectivity index (χ3v) is 5.36. The van der Waals surface area contributed by atoms with E-state index in [1.54, 1.807) is 0 Å². The van der Waals surface area contributed by atoms with Crippen LogP contribution >= 0.6 is 11.3 Å². The molecule has 0 aliphatic heterocycles. The van der Waals surface area contributed by atoms with Crippen LogP contribution in [-0.4, -0.2) is 6.04 Å². The molecule has 0 saturated heterocycles. The zero-order valence-electron chi connectivity index (χ0n) is 12.1. The summed E-state index contributed by atoms with van der Waals surface area (Å²) in [5, 5.41) is 5.92. The minimum absolute atomic E-state index is 0.566. The predicted molar refractivity (Wildman–Crippen MR) is 89.4 cm³/mol. The SMILES string of the molecule is CC(Nc1ccccc1-c1cccs1)C1CCCCC1. The molecule has 2 heteroatoms. The van der Waals surface area contributed by atoms with Crippen LogP contribution < -0.4 is 5.32 Å². The van der Waals surface area contributed by atoms with Crippen LogP contribution in [0.1, 0.15) is 39.0 Å². The van der Waals surface area contributed by atoms with Gasteiger partial charge in [0.2, 0.25) is 0 Å². The topological polar surface area (TPSA) is 12.0 Å².